The summed E-state index contributed by atoms with van der Waals surface area (Å²) < 4.78 is 69.4. The van der Waals surface area contributed by atoms with Gasteiger partial charge < -0.3 is 9.80 Å². The number of hydrogen-bond acceptors (Lipinski definition) is 6. The third kappa shape index (κ3) is 4.22. The van der Waals surface area contributed by atoms with Crippen molar-refractivity contribution in [2.75, 3.05) is 43.1 Å². The van der Waals surface area contributed by atoms with E-state index in [-0.39, 0.29) is 27.5 Å². The zero-order valence-corrected chi connectivity index (χ0v) is 18.5. The number of halogens is 5. The first-order valence-corrected chi connectivity index (χ1v) is 10.4. The average Bonchev–Trinajstić information content (AvgIpc) is 3.10. The summed E-state index contributed by atoms with van der Waals surface area (Å²) in [6.07, 6.45) is 1.26. The first-order valence-electron chi connectivity index (χ1n) is 10.4. The molecule has 8 nitrogen and oxygen atoms in total. The number of carbonyl (C=O) groups is 1. The molecule has 0 bridgehead atoms. The van der Waals surface area contributed by atoms with Crippen molar-refractivity contribution in [3.8, 4) is 0 Å². The standard InChI is InChI=1S/C22H18F5N5O3/c1-11-14(22(33)31(28-11)21-19(26)17(24)16(23)18(25)20(21)27)10-12-9-13(32(34)35)3-4-15(12)30-7-5-29(2)6-8-30/h3-4,9-10H,5-8H2,1-2H3/b14-10+. The van der Waals surface area contributed by atoms with E-state index in [1.165, 1.54) is 31.2 Å². The molecule has 184 valence electrons. The maximum Gasteiger partial charge on any atom is 0.280 e. The molecule has 2 heterocycles. The van der Waals surface area contributed by atoms with Gasteiger partial charge in [-0.15, -0.1) is 0 Å². The molecule has 0 spiro atoms. The van der Waals surface area contributed by atoms with Gasteiger partial charge in [0.2, 0.25) is 5.82 Å². The SMILES string of the molecule is CC1=NN(c2c(F)c(F)c(F)c(F)c2F)C(=O)/C1=C/c1cc([N+](=O)[O-])ccc1N1CCN(C)CC1. The maximum atomic E-state index is 14.3. The van der Waals surface area contributed by atoms with Crippen molar-refractivity contribution < 1.29 is 31.7 Å². The molecule has 1 saturated heterocycles. The Morgan fingerprint density at radius 2 is 1.54 bits per heavy atom. The maximum absolute atomic E-state index is 14.3. The second-order valence-electron chi connectivity index (χ2n) is 8.07. The lowest BCUT2D eigenvalue weighted by Gasteiger charge is -2.34. The van der Waals surface area contributed by atoms with Crippen LogP contribution in [-0.2, 0) is 4.79 Å². The van der Waals surface area contributed by atoms with Gasteiger partial charge in [0.05, 0.1) is 16.2 Å². The summed E-state index contributed by atoms with van der Waals surface area (Å²) in [5.41, 5.74) is -1.22. The van der Waals surface area contributed by atoms with E-state index in [0.717, 1.165) is 13.1 Å². The quantitative estimate of drug-likeness (QED) is 0.161. The fourth-order valence-electron chi connectivity index (χ4n) is 3.88. The molecule has 2 aromatic rings. The molecule has 4 rings (SSSR count). The highest BCUT2D eigenvalue weighted by Crippen LogP contribution is 2.35. The van der Waals surface area contributed by atoms with Gasteiger partial charge in [0.25, 0.3) is 11.6 Å². The van der Waals surface area contributed by atoms with E-state index in [1.807, 2.05) is 11.9 Å². The van der Waals surface area contributed by atoms with Crippen LogP contribution in [0.4, 0.5) is 39.0 Å². The van der Waals surface area contributed by atoms with Gasteiger partial charge in [-0.05, 0) is 26.1 Å². The van der Waals surface area contributed by atoms with Crippen LogP contribution in [0.5, 0.6) is 0 Å². The van der Waals surface area contributed by atoms with Gasteiger partial charge in [-0.3, -0.25) is 14.9 Å². The van der Waals surface area contributed by atoms with Crippen molar-refractivity contribution in [3.05, 3.63) is 68.5 Å². The van der Waals surface area contributed by atoms with Crippen LogP contribution in [0, 0.1) is 39.2 Å². The Kier molecular flexibility index (Phi) is 6.28. The monoisotopic (exact) mass is 495 g/mol. The van der Waals surface area contributed by atoms with Crippen LogP contribution >= 0.6 is 0 Å². The highest BCUT2D eigenvalue weighted by molar-refractivity contribution is 6.32. The molecule has 2 aromatic carbocycles. The minimum Gasteiger partial charge on any atom is -0.368 e. The van der Waals surface area contributed by atoms with Crippen LogP contribution in [0.25, 0.3) is 6.08 Å². The highest BCUT2D eigenvalue weighted by Gasteiger charge is 2.37. The molecule has 1 amide bonds. The number of carbonyl (C=O) groups excluding carboxylic acids is 1. The number of nitro benzene ring substituents is 1. The Hall–Kier alpha value is -3.87. The molecule has 0 atom stereocenters. The number of hydrazone groups is 1. The first-order chi connectivity index (χ1) is 16.5. The van der Waals surface area contributed by atoms with Crippen LogP contribution in [0.1, 0.15) is 12.5 Å². The number of nitrogens with zero attached hydrogens (tertiary/aromatic N) is 5. The number of non-ortho nitro benzene ring substituents is 1. The molecule has 0 radical (unpaired) electrons. The van der Waals surface area contributed by atoms with E-state index in [2.05, 4.69) is 10.0 Å². The number of benzene rings is 2. The molecule has 0 N–H and O–H groups in total. The Morgan fingerprint density at radius 1 is 0.971 bits per heavy atom. The van der Waals surface area contributed by atoms with Crippen LogP contribution in [-0.4, -0.2) is 54.7 Å². The highest BCUT2D eigenvalue weighted by atomic mass is 19.2. The van der Waals surface area contributed by atoms with E-state index >= 15 is 0 Å². The Labute approximate surface area is 195 Å². The van der Waals surface area contributed by atoms with Crippen molar-refractivity contribution in [3.63, 3.8) is 0 Å². The zero-order chi connectivity index (χ0) is 25.6. The zero-order valence-electron chi connectivity index (χ0n) is 18.5. The second-order valence-corrected chi connectivity index (χ2v) is 8.07. The van der Waals surface area contributed by atoms with Gasteiger partial charge in [-0.2, -0.15) is 10.1 Å². The topological polar surface area (TPSA) is 82.3 Å². The Morgan fingerprint density at radius 3 is 2.11 bits per heavy atom. The summed E-state index contributed by atoms with van der Waals surface area (Å²) >= 11 is 0. The van der Waals surface area contributed by atoms with Gasteiger partial charge in [0, 0.05) is 49.6 Å². The number of rotatable bonds is 4. The normalized spacial score (nSPS) is 18.0. The lowest BCUT2D eigenvalue weighted by atomic mass is 10.0. The lowest BCUT2D eigenvalue weighted by molar-refractivity contribution is -0.384. The van der Waals surface area contributed by atoms with Crippen molar-refractivity contribution in [1.82, 2.24) is 4.90 Å². The molecule has 35 heavy (non-hydrogen) atoms. The van der Waals surface area contributed by atoms with E-state index in [4.69, 9.17) is 0 Å². The van der Waals surface area contributed by atoms with Gasteiger partial charge in [0.15, 0.2) is 23.3 Å². The van der Waals surface area contributed by atoms with Crippen molar-refractivity contribution in [2.24, 2.45) is 5.10 Å². The largest absolute Gasteiger partial charge is 0.368 e. The van der Waals surface area contributed by atoms with Crippen LogP contribution in [0.2, 0.25) is 0 Å². The molecule has 0 aliphatic carbocycles. The third-order valence-electron chi connectivity index (χ3n) is 5.83. The molecule has 0 unspecified atom stereocenters. The van der Waals surface area contributed by atoms with Crippen LogP contribution < -0.4 is 9.91 Å². The molecule has 13 heteroatoms. The summed E-state index contributed by atoms with van der Waals surface area (Å²) in [4.78, 5) is 27.8. The second kappa shape index (κ2) is 9.06. The molecule has 0 saturated carbocycles. The predicted molar refractivity (Wildman–Crippen MR) is 118 cm³/mol. The number of anilines is 2. The molecule has 1 fully saturated rings. The van der Waals surface area contributed by atoms with Gasteiger partial charge in [0.1, 0.15) is 5.69 Å². The van der Waals surface area contributed by atoms with Crippen LogP contribution in [0.3, 0.4) is 0 Å². The summed E-state index contributed by atoms with van der Waals surface area (Å²) in [6.45, 7) is 3.95. The summed E-state index contributed by atoms with van der Waals surface area (Å²) in [7, 11) is 1.95. The first kappa shape index (κ1) is 24.3. The minimum absolute atomic E-state index is 0.0743. The molecule has 2 aliphatic rings. The number of nitro groups is 1. The van der Waals surface area contributed by atoms with Gasteiger partial charge in [-0.1, -0.05) is 0 Å². The van der Waals surface area contributed by atoms with Crippen molar-refractivity contribution >= 4 is 34.8 Å². The van der Waals surface area contributed by atoms with E-state index in [9.17, 15) is 36.9 Å². The molecule has 0 aromatic heterocycles. The fourth-order valence-corrected chi connectivity index (χ4v) is 3.88. The Balaban J connectivity index is 1.79. The number of likely N-dealkylation sites (N-methyl/N-ethyl adjacent to an activating group) is 1. The minimum atomic E-state index is -2.36. The van der Waals surface area contributed by atoms with Crippen LogP contribution in [0.15, 0.2) is 28.9 Å². The van der Waals surface area contributed by atoms with Crippen molar-refractivity contribution in [2.45, 2.75) is 6.92 Å². The Bertz CT molecular complexity index is 1280. The van der Waals surface area contributed by atoms with E-state index in [0.29, 0.717) is 18.8 Å². The smallest absolute Gasteiger partial charge is 0.280 e. The van der Waals surface area contributed by atoms with E-state index < -0.39 is 45.6 Å². The lowest BCUT2D eigenvalue weighted by Crippen LogP contribution is -2.44. The average molecular weight is 495 g/mol. The van der Waals surface area contributed by atoms with E-state index in [1.54, 1.807) is 0 Å². The number of amides is 1. The van der Waals surface area contributed by atoms with Gasteiger partial charge in [-0.25, -0.2) is 22.0 Å². The van der Waals surface area contributed by atoms with Crippen molar-refractivity contribution in [1.29, 1.82) is 0 Å². The summed E-state index contributed by atoms with van der Waals surface area (Å²) in [5, 5.41) is 15.1. The molecular formula is C22H18F5N5O3. The summed E-state index contributed by atoms with van der Waals surface area (Å²) in [5.74, 6) is -12.4. The fraction of sp³-hybridized carbons (Fsp3) is 0.273. The predicted octanol–water partition coefficient (Wildman–Crippen LogP) is 3.85. The number of piperazine rings is 1. The molecule has 2 aliphatic heterocycles. The summed E-state index contributed by atoms with van der Waals surface area (Å²) in [6, 6.07) is 4.08. The number of hydrogen-bond donors (Lipinski definition) is 0. The molecular weight excluding hydrogens is 477 g/mol. The van der Waals surface area contributed by atoms with Gasteiger partial charge >= 0.3 is 0 Å². The third-order valence-corrected chi connectivity index (χ3v) is 5.83.